The van der Waals surface area contributed by atoms with Crippen LogP contribution in [-0.4, -0.2) is 22.1 Å². The molecular formula is C11H24OSi2. The van der Waals surface area contributed by atoms with Gasteiger partial charge < -0.3 is 0 Å². The minimum atomic E-state index is -1.61. The van der Waals surface area contributed by atoms with E-state index in [2.05, 4.69) is 59.4 Å². The quantitative estimate of drug-likeness (QED) is 0.521. The molecule has 0 aromatic carbocycles. The first-order valence-corrected chi connectivity index (χ1v) is 11.7. The standard InChI is InChI=1S/C11H24OSi2/c1-11(2,3)14(7,8)10(9-12)13(4,5)6/h1-8H3. The van der Waals surface area contributed by atoms with E-state index in [1.54, 1.807) is 0 Å². The van der Waals surface area contributed by atoms with Crippen molar-refractivity contribution in [1.82, 2.24) is 0 Å². The van der Waals surface area contributed by atoms with Crippen molar-refractivity contribution in [3.05, 3.63) is 4.82 Å². The second kappa shape index (κ2) is 3.80. The summed E-state index contributed by atoms with van der Waals surface area (Å²) in [4.78, 5) is 12.3. The van der Waals surface area contributed by atoms with Crippen LogP contribution in [0.2, 0.25) is 37.8 Å². The van der Waals surface area contributed by atoms with E-state index < -0.39 is 16.1 Å². The summed E-state index contributed by atoms with van der Waals surface area (Å²) >= 11 is 0. The second-order valence-electron chi connectivity index (χ2n) is 6.60. The molecule has 0 fully saturated rings. The molecule has 0 unspecified atom stereocenters. The van der Waals surface area contributed by atoms with Crippen molar-refractivity contribution in [2.24, 2.45) is 0 Å². The normalized spacial score (nSPS) is 13.7. The number of hydrogen-bond donors (Lipinski definition) is 0. The summed E-state index contributed by atoms with van der Waals surface area (Å²) in [6, 6.07) is 0. The fourth-order valence-corrected chi connectivity index (χ4v) is 11.5. The first kappa shape index (κ1) is 13.9. The van der Waals surface area contributed by atoms with Crippen LogP contribution >= 0.6 is 0 Å². The lowest BCUT2D eigenvalue weighted by Gasteiger charge is -2.41. The van der Waals surface area contributed by atoms with Gasteiger partial charge in [-0.15, -0.1) is 0 Å². The van der Waals surface area contributed by atoms with Gasteiger partial charge in [-0.3, -0.25) is 0 Å². The molecule has 0 atom stereocenters. The maximum Gasteiger partial charge on any atom is 0.114 e. The Kier molecular flexibility index (Phi) is 3.77. The van der Waals surface area contributed by atoms with Crippen LogP contribution in [-0.2, 0) is 4.79 Å². The van der Waals surface area contributed by atoms with E-state index in [-0.39, 0.29) is 5.04 Å². The molecule has 0 aliphatic heterocycles. The molecule has 3 heteroatoms. The molecule has 0 radical (unpaired) electrons. The van der Waals surface area contributed by atoms with E-state index in [1.807, 2.05) is 0 Å². The highest BCUT2D eigenvalue weighted by atomic mass is 28.4. The van der Waals surface area contributed by atoms with E-state index in [0.717, 1.165) is 4.82 Å². The van der Waals surface area contributed by atoms with Crippen LogP contribution in [0.4, 0.5) is 0 Å². The molecule has 82 valence electrons. The Bertz CT molecular complexity index is 260. The fraction of sp³-hybridized carbons (Fsp3) is 0.818. The summed E-state index contributed by atoms with van der Waals surface area (Å²) in [6.45, 7) is 18.1. The Hall–Kier alpha value is -0.116. The summed E-state index contributed by atoms with van der Waals surface area (Å²) < 4.78 is 0. The smallest absolute Gasteiger partial charge is 0.114 e. The van der Waals surface area contributed by atoms with Gasteiger partial charge in [0.05, 0.1) is 16.1 Å². The predicted octanol–water partition coefficient (Wildman–Crippen LogP) is 3.67. The van der Waals surface area contributed by atoms with Crippen LogP contribution in [0.1, 0.15) is 20.8 Å². The predicted molar refractivity (Wildman–Crippen MR) is 69.7 cm³/mol. The van der Waals surface area contributed by atoms with Gasteiger partial charge in [-0.05, 0) is 9.86 Å². The van der Waals surface area contributed by atoms with Crippen molar-refractivity contribution in [2.75, 3.05) is 0 Å². The van der Waals surface area contributed by atoms with Crippen LogP contribution in [0.5, 0.6) is 0 Å². The Balaban J connectivity index is 5.40. The zero-order valence-electron chi connectivity index (χ0n) is 10.9. The topological polar surface area (TPSA) is 17.1 Å². The van der Waals surface area contributed by atoms with Crippen molar-refractivity contribution < 1.29 is 4.79 Å². The third-order valence-corrected chi connectivity index (χ3v) is 14.2. The lowest BCUT2D eigenvalue weighted by molar-refractivity contribution is 0.568. The van der Waals surface area contributed by atoms with E-state index in [4.69, 9.17) is 0 Å². The highest BCUT2D eigenvalue weighted by Gasteiger charge is 2.44. The van der Waals surface area contributed by atoms with Crippen molar-refractivity contribution in [3.63, 3.8) is 0 Å². The molecule has 0 aromatic rings. The zero-order chi connectivity index (χ0) is 11.8. The lowest BCUT2D eigenvalue weighted by Crippen LogP contribution is -2.48. The molecule has 0 aromatic heterocycles. The van der Waals surface area contributed by atoms with Crippen LogP contribution in [0.15, 0.2) is 4.82 Å². The van der Waals surface area contributed by atoms with Crippen molar-refractivity contribution in [3.8, 4) is 0 Å². The summed E-state index contributed by atoms with van der Waals surface area (Å²) in [6.07, 6.45) is 0. The van der Waals surface area contributed by atoms with Gasteiger partial charge in [0.25, 0.3) is 0 Å². The van der Waals surface area contributed by atoms with E-state index in [1.165, 1.54) is 0 Å². The SMILES string of the molecule is CC(C)(C)[Si](C)(C)C(=C=O)[Si](C)(C)C. The van der Waals surface area contributed by atoms with Crippen LogP contribution in [0, 0.1) is 0 Å². The minimum Gasteiger partial charge on any atom is -0.234 e. The van der Waals surface area contributed by atoms with E-state index >= 15 is 0 Å². The molecule has 0 spiro atoms. The fourth-order valence-electron chi connectivity index (χ4n) is 1.59. The number of rotatable bonds is 2. The molecule has 0 aliphatic carbocycles. The van der Waals surface area contributed by atoms with Gasteiger partial charge in [-0.1, -0.05) is 53.5 Å². The van der Waals surface area contributed by atoms with Gasteiger partial charge in [0.2, 0.25) is 0 Å². The molecule has 0 bridgehead atoms. The summed E-state index contributed by atoms with van der Waals surface area (Å²) in [7, 11) is -3.09. The Labute approximate surface area is 90.6 Å². The Morgan fingerprint density at radius 1 is 1.00 bits per heavy atom. The molecular weight excluding hydrogens is 204 g/mol. The molecule has 1 nitrogen and oxygen atoms in total. The molecule has 0 aliphatic rings. The summed E-state index contributed by atoms with van der Waals surface area (Å²) in [5.74, 6) is 2.28. The average molecular weight is 228 g/mol. The van der Waals surface area contributed by atoms with Gasteiger partial charge in [0.15, 0.2) is 0 Å². The molecule has 14 heavy (non-hydrogen) atoms. The molecule has 0 heterocycles. The highest BCUT2D eigenvalue weighted by Crippen LogP contribution is 2.42. The largest absolute Gasteiger partial charge is 0.234 e. The van der Waals surface area contributed by atoms with E-state index in [0.29, 0.717) is 0 Å². The van der Waals surface area contributed by atoms with Crippen molar-refractivity contribution in [2.45, 2.75) is 58.5 Å². The third-order valence-electron chi connectivity index (χ3n) is 3.35. The molecule has 0 N–H and O–H groups in total. The highest BCUT2D eigenvalue weighted by molar-refractivity contribution is 7.07. The number of hydrogen-bond acceptors (Lipinski definition) is 1. The van der Waals surface area contributed by atoms with E-state index in [9.17, 15) is 4.79 Å². The average Bonchev–Trinajstić information content (AvgIpc) is 1.80. The maximum atomic E-state index is 11.2. The first-order chi connectivity index (χ1) is 5.94. The summed E-state index contributed by atoms with van der Waals surface area (Å²) in [5, 5.41) is 0.250. The molecule has 0 saturated carbocycles. The van der Waals surface area contributed by atoms with Crippen molar-refractivity contribution in [1.29, 1.82) is 0 Å². The third kappa shape index (κ3) is 2.69. The Morgan fingerprint density at radius 3 is 1.43 bits per heavy atom. The Morgan fingerprint density at radius 2 is 1.36 bits per heavy atom. The molecule has 0 amide bonds. The van der Waals surface area contributed by atoms with Gasteiger partial charge >= 0.3 is 0 Å². The zero-order valence-corrected chi connectivity index (χ0v) is 12.9. The van der Waals surface area contributed by atoms with Crippen LogP contribution in [0.3, 0.4) is 0 Å². The van der Waals surface area contributed by atoms with Crippen LogP contribution < -0.4 is 0 Å². The second-order valence-corrected chi connectivity index (χ2v) is 17.4. The van der Waals surface area contributed by atoms with Gasteiger partial charge in [-0.2, -0.15) is 0 Å². The molecule has 0 saturated heterocycles. The van der Waals surface area contributed by atoms with Gasteiger partial charge in [0.1, 0.15) is 5.94 Å². The first-order valence-electron chi connectivity index (χ1n) is 5.20. The lowest BCUT2D eigenvalue weighted by atomic mass is 10.2. The number of carbonyl (C=O) groups excluding carboxylic acids is 1. The monoisotopic (exact) mass is 228 g/mol. The van der Waals surface area contributed by atoms with Crippen molar-refractivity contribution >= 4 is 22.1 Å². The summed E-state index contributed by atoms with van der Waals surface area (Å²) in [5.41, 5.74) is 0. The maximum absolute atomic E-state index is 11.2. The van der Waals surface area contributed by atoms with Gasteiger partial charge in [-0.25, -0.2) is 4.79 Å². The van der Waals surface area contributed by atoms with Crippen LogP contribution in [0.25, 0.3) is 0 Å². The molecule has 0 rings (SSSR count). The minimum absolute atomic E-state index is 0.250. The van der Waals surface area contributed by atoms with Gasteiger partial charge in [0, 0.05) is 0 Å².